The second kappa shape index (κ2) is 3.70. The molecule has 2 aromatic heterocycles. The molecule has 94 valence electrons. The predicted octanol–water partition coefficient (Wildman–Crippen LogP) is 1.90. The SMILES string of the molecule is c1cc(-c2n[nH]c3c2CC2(CC3)OCCO2)co1. The molecule has 18 heavy (non-hydrogen) atoms. The first-order valence-electron chi connectivity index (χ1n) is 6.23. The van der Waals surface area contributed by atoms with Gasteiger partial charge in [-0.1, -0.05) is 0 Å². The summed E-state index contributed by atoms with van der Waals surface area (Å²) in [7, 11) is 0. The Bertz CT molecular complexity index is 553. The topological polar surface area (TPSA) is 60.3 Å². The second-order valence-electron chi connectivity index (χ2n) is 4.83. The molecular weight excluding hydrogens is 232 g/mol. The zero-order chi connectivity index (χ0) is 12.0. The van der Waals surface area contributed by atoms with E-state index in [0.29, 0.717) is 13.2 Å². The normalized spacial score (nSPS) is 21.3. The Balaban J connectivity index is 1.75. The van der Waals surface area contributed by atoms with Gasteiger partial charge >= 0.3 is 0 Å². The van der Waals surface area contributed by atoms with Crippen LogP contribution in [0.1, 0.15) is 17.7 Å². The summed E-state index contributed by atoms with van der Waals surface area (Å²) in [6.45, 7) is 1.38. The van der Waals surface area contributed by atoms with Crippen molar-refractivity contribution in [3.8, 4) is 11.3 Å². The van der Waals surface area contributed by atoms with Crippen LogP contribution in [0.2, 0.25) is 0 Å². The lowest BCUT2D eigenvalue weighted by Crippen LogP contribution is -2.36. The van der Waals surface area contributed by atoms with Crippen molar-refractivity contribution in [1.29, 1.82) is 0 Å². The summed E-state index contributed by atoms with van der Waals surface area (Å²) in [5, 5.41) is 7.52. The number of rotatable bonds is 1. The van der Waals surface area contributed by atoms with Crippen molar-refractivity contribution in [1.82, 2.24) is 10.2 Å². The maximum atomic E-state index is 5.79. The number of nitrogens with one attached hydrogen (secondary N) is 1. The van der Waals surface area contributed by atoms with Gasteiger partial charge in [-0.2, -0.15) is 5.10 Å². The Labute approximate surface area is 104 Å². The fraction of sp³-hybridized carbons (Fsp3) is 0.462. The van der Waals surface area contributed by atoms with Crippen molar-refractivity contribution < 1.29 is 13.9 Å². The fourth-order valence-corrected chi connectivity index (χ4v) is 2.85. The van der Waals surface area contributed by atoms with Crippen LogP contribution >= 0.6 is 0 Å². The highest BCUT2D eigenvalue weighted by molar-refractivity contribution is 5.63. The summed E-state index contributed by atoms with van der Waals surface area (Å²) in [5.41, 5.74) is 4.35. The molecule has 1 fully saturated rings. The number of aryl methyl sites for hydroxylation is 1. The van der Waals surface area contributed by atoms with Gasteiger partial charge in [-0.15, -0.1) is 0 Å². The van der Waals surface area contributed by atoms with Gasteiger partial charge in [-0.05, 0) is 12.5 Å². The fourth-order valence-electron chi connectivity index (χ4n) is 2.85. The summed E-state index contributed by atoms with van der Waals surface area (Å²) >= 11 is 0. The van der Waals surface area contributed by atoms with Crippen LogP contribution in [0.5, 0.6) is 0 Å². The monoisotopic (exact) mass is 246 g/mol. The summed E-state index contributed by atoms with van der Waals surface area (Å²) < 4.78 is 16.7. The summed E-state index contributed by atoms with van der Waals surface area (Å²) in [5.74, 6) is -0.421. The standard InChI is InChI=1S/C13H14N2O3/c1-3-13(17-5-6-18-13)7-10-11(1)14-15-12(10)9-2-4-16-8-9/h2,4,8H,1,3,5-7H2,(H,14,15). The van der Waals surface area contributed by atoms with E-state index in [9.17, 15) is 0 Å². The van der Waals surface area contributed by atoms with Crippen LogP contribution in [0.4, 0.5) is 0 Å². The number of nitrogens with zero attached hydrogens (tertiary/aromatic N) is 1. The predicted molar refractivity (Wildman–Crippen MR) is 62.9 cm³/mol. The van der Waals surface area contributed by atoms with E-state index in [2.05, 4.69) is 10.2 Å². The van der Waals surface area contributed by atoms with E-state index in [1.165, 1.54) is 11.3 Å². The molecule has 0 unspecified atom stereocenters. The second-order valence-corrected chi connectivity index (χ2v) is 4.83. The number of furan rings is 1. The van der Waals surface area contributed by atoms with Crippen molar-refractivity contribution in [3.05, 3.63) is 29.9 Å². The first kappa shape index (κ1) is 10.3. The molecule has 0 aromatic carbocycles. The number of hydrogen-bond acceptors (Lipinski definition) is 4. The molecular formula is C13H14N2O3. The van der Waals surface area contributed by atoms with Crippen molar-refractivity contribution in [2.24, 2.45) is 0 Å². The van der Waals surface area contributed by atoms with Gasteiger partial charge in [0.1, 0.15) is 0 Å². The smallest absolute Gasteiger partial charge is 0.173 e. The molecule has 1 spiro atoms. The lowest BCUT2D eigenvalue weighted by atomic mass is 9.89. The van der Waals surface area contributed by atoms with Gasteiger partial charge in [0.05, 0.1) is 31.4 Å². The lowest BCUT2D eigenvalue weighted by molar-refractivity contribution is -0.163. The molecule has 5 nitrogen and oxygen atoms in total. The molecule has 1 aliphatic heterocycles. The minimum Gasteiger partial charge on any atom is -0.472 e. The number of fused-ring (bicyclic) bond motifs is 1. The van der Waals surface area contributed by atoms with E-state index >= 15 is 0 Å². The van der Waals surface area contributed by atoms with Gasteiger partial charge in [0.15, 0.2) is 5.79 Å². The average Bonchev–Trinajstić information content (AvgIpc) is 3.08. The van der Waals surface area contributed by atoms with E-state index in [1.807, 2.05) is 6.07 Å². The van der Waals surface area contributed by atoms with Crippen molar-refractivity contribution in [2.45, 2.75) is 25.0 Å². The first-order valence-corrected chi connectivity index (χ1v) is 6.23. The van der Waals surface area contributed by atoms with Crippen molar-refractivity contribution in [3.63, 3.8) is 0 Å². The molecule has 0 atom stereocenters. The zero-order valence-electron chi connectivity index (χ0n) is 9.94. The van der Waals surface area contributed by atoms with Crippen molar-refractivity contribution >= 4 is 0 Å². The van der Waals surface area contributed by atoms with E-state index in [0.717, 1.165) is 30.5 Å². The Morgan fingerprint density at radius 2 is 2.17 bits per heavy atom. The highest BCUT2D eigenvalue weighted by Crippen LogP contribution is 2.38. The zero-order valence-corrected chi connectivity index (χ0v) is 9.94. The highest BCUT2D eigenvalue weighted by Gasteiger charge is 2.41. The minimum atomic E-state index is -0.421. The molecule has 1 saturated heterocycles. The molecule has 3 heterocycles. The molecule has 2 aliphatic rings. The van der Waals surface area contributed by atoms with E-state index in [4.69, 9.17) is 13.9 Å². The summed E-state index contributed by atoms with van der Waals surface area (Å²) in [4.78, 5) is 0. The van der Waals surface area contributed by atoms with E-state index in [-0.39, 0.29) is 0 Å². The number of ether oxygens (including phenoxy) is 2. The Morgan fingerprint density at radius 1 is 1.28 bits per heavy atom. The third-order valence-corrected chi connectivity index (χ3v) is 3.76. The van der Waals surface area contributed by atoms with E-state index in [1.54, 1.807) is 12.5 Å². The van der Waals surface area contributed by atoms with Crippen LogP contribution in [0, 0.1) is 0 Å². The van der Waals surface area contributed by atoms with Crippen LogP contribution < -0.4 is 0 Å². The van der Waals surface area contributed by atoms with Crippen LogP contribution in [-0.4, -0.2) is 29.2 Å². The van der Waals surface area contributed by atoms with Gasteiger partial charge in [-0.25, -0.2) is 0 Å². The Morgan fingerprint density at radius 3 is 2.94 bits per heavy atom. The molecule has 4 rings (SSSR count). The number of H-pyrrole nitrogens is 1. The van der Waals surface area contributed by atoms with Gasteiger partial charge in [0, 0.05) is 29.7 Å². The number of aromatic amines is 1. The largest absolute Gasteiger partial charge is 0.472 e. The lowest BCUT2D eigenvalue weighted by Gasteiger charge is -2.31. The molecule has 1 N–H and O–H groups in total. The quantitative estimate of drug-likeness (QED) is 0.834. The number of hydrogen-bond donors (Lipinski definition) is 1. The highest BCUT2D eigenvalue weighted by atomic mass is 16.7. The molecule has 0 radical (unpaired) electrons. The molecule has 0 amide bonds. The first-order chi connectivity index (χ1) is 8.86. The average molecular weight is 246 g/mol. The van der Waals surface area contributed by atoms with Gasteiger partial charge < -0.3 is 13.9 Å². The minimum absolute atomic E-state index is 0.421. The summed E-state index contributed by atoms with van der Waals surface area (Å²) in [6, 6.07) is 1.92. The molecule has 0 saturated carbocycles. The molecule has 5 heteroatoms. The Kier molecular flexibility index (Phi) is 2.13. The third kappa shape index (κ3) is 1.44. The van der Waals surface area contributed by atoms with Crippen LogP contribution in [0.15, 0.2) is 23.0 Å². The van der Waals surface area contributed by atoms with Gasteiger partial charge in [-0.3, -0.25) is 5.10 Å². The molecule has 1 aliphatic carbocycles. The van der Waals surface area contributed by atoms with Crippen LogP contribution in [-0.2, 0) is 22.3 Å². The van der Waals surface area contributed by atoms with Crippen LogP contribution in [0.25, 0.3) is 11.3 Å². The van der Waals surface area contributed by atoms with Crippen LogP contribution in [0.3, 0.4) is 0 Å². The summed E-state index contributed by atoms with van der Waals surface area (Å²) in [6.07, 6.45) is 5.96. The van der Waals surface area contributed by atoms with Gasteiger partial charge in [0.2, 0.25) is 0 Å². The molecule has 0 bridgehead atoms. The maximum Gasteiger partial charge on any atom is 0.173 e. The Hall–Kier alpha value is -1.59. The van der Waals surface area contributed by atoms with Gasteiger partial charge in [0.25, 0.3) is 0 Å². The van der Waals surface area contributed by atoms with Crippen molar-refractivity contribution in [2.75, 3.05) is 13.2 Å². The number of aromatic nitrogens is 2. The molecule has 2 aromatic rings. The maximum absolute atomic E-state index is 5.79. The third-order valence-electron chi connectivity index (χ3n) is 3.76. The van der Waals surface area contributed by atoms with E-state index < -0.39 is 5.79 Å².